The van der Waals surface area contributed by atoms with Gasteiger partial charge in [-0.05, 0) is 62.2 Å². The fraction of sp³-hybridized carbons (Fsp3) is 0.571. The summed E-state index contributed by atoms with van der Waals surface area (Å²) in [6.07, 6.45) is 4.13. The third kappa shape index (κ3) is 5.20. The highest BCUT2D eigenvalue weighted by molar-refractivity contribution is 7.80. The van der Waals surface area contributed by atoms with Crippen LogP contribution in [0.25, 0.3) is 0 Å². The molecule has 2 aliphatic heterocycles. The fourth-order valence-electron chi connectivity index (χ4n) is 4.20. The Kier molecular flexibility index (Phi) is 6.38. The van der Waals surface area contributed by atoms with E-state index in [0.29, 0.717) is 30.5 Å². The average Bonchev–Trinajstić information content (AvgIpc) is 3.44. The lowest BCUT2D eigenvalue weighted by molar-refractivity contribution is -0.129. The topological polar surface area (TPSA) is 94.7 Å². The van der Waals surface area contributed by atoms with Crippen molar-refractivity contribution in [1.29, 1.82) is 0 Å². The molecule has 1 aromatic carbocycles. The first kappa shape index (κ1) is 20.9. The molecule has 1 aliphatic carbocycles. The number of thiocarbonyl (C=S) groups is 1. The van der Waals surface area contributed by atoms with Crippen molar-refractivity contribution in [2.75, 3.05) is 25.5 Å². The van der Waals surface area contributed by atoms with E-state index in [-0.39, 0.29) is 29.9 Å². The SMILES string of the molecule is COc1ccc(NC(=S)N[C@H]2C[C@H]3C(=O)NC[C@@H](CCC(=O)NC4CC4)N3C2)cc1. The van der Waals surface area contributed by atoms with Crippen molar-refractivity contribution in [2.45, 2.75) is 56.3 Å². The molecule has 30 heavy (non-hydrogen) atoms. The normalized spacial score (nSPS) is 25.8. The number of fused-ring (bicyclic) bond motifs is 1. The molecule has 4 rings (SSSR count). The van der Waals surface area contributed by atoms with Crippen LogP contribution in [-0.2, 0) is 9.59 Å². The number of carbonyl (C=O) groups is 2. The Morgan fingerprint density at radius 3 is 2.70 bits per heavy atom. The Bertz CT molecular complexity index is 798. The summed E-state index contributed by atoms with van der Waals surface area (Å²) in [5, 5.41) is 13.1. The molecule has 1 aromatic rings. The van der Waals surface area contributed by atoms with Crippen LogP contribution in [0.3, 0.4) is 0 Å². The van der Waals surface area contributed by atoms with Gasteiger partial charge in [0.15, 0.2) is 5.11 Å². The number of hydrogen-bond donors (Lipinski definition) is 4. The van der Waals surface area contributed by atoms with Crippen molar-refractivity contribution in [1.82, 2.24) is 20.9 Å². The summed E-state index contributed by atoms with van der Waals surface area (Å²) in [4.78, 5) is 26.7. The lowest BCUT2D eigenvalue weighted by Crippen LogP contribution is -2.58. The van der Waals surface area contributed by atoms with E-state index in [1.54, 1.807) is 7.11 Å². The van der Waals surface area contributed by atoms with Crippen LogP contribution in [0.15, 0.2) is 24.3 Å². The highest BCUT2D eigenvalue weighted by Crippen LogP contribution is 2.26. The van der Waals surface area contributed by atoms with Crippen molar-refractivity contribution in [3.63, 3.8) is 0 Å². The van der Waals surface area contributed by atoms with E-state index in [4.69, 9.17) is 17.0 Å². The van der Waals surface area contributed by atoms with Crippen LogP contribution in [-0.4, -0.2) is 66.2 Å². The number of carbonyl (C=O) groups excluding carboxylic acids is 2. The van der Waals surface area contributed by atoms with E-state index in [2.05, 4.69) is 26.2 Å². The number of amides is 2. The van der Waals surface area contributed by atoms with Crippen LogP contribution in [0.1, 0.15) is 32.1 Å². The van der Waals surface area contributed by atoms with Crippen LogP contribution >= 0.6 is 12.2 Å². The molecule has 3 aliphatic rings. The molecule has 8 nitrogen and oxygen atoms in total. The summed E-state index contributed by atoms with van der Waals surface area (Å²) in [5.41, 5.74) is 0.876. The van der Waals surface area contributed by atoms with Gasteiger partial charge in [0.2, 0.25) is 11.8 Å². The van der Waals surface area contributed by atoms with Crippen molar-refractivity contribution < 1.29 is 14.3 Å². The first-order valence-electron chi connectivity index (χ1n) is 10.6. The number of ether oxygens (including phenoxy) is 1. The summed E-state index contributed by atoms with van der Waals surface area (Å²) in [6, 6.07) is 8.02. The van der Waals surface area contributed by atoms with Gasteiger partial charge in [0.1, 0.15) is 5.75 Å². The van der Waals surface area contributed by atoms with Crippen molar-refractivity contribution in [3.05, 3.63) is 24.3 Å². The van der Waals surface area contributed by atoms with Gasteiger partial charge in [-0.2, -0.15) is 0 Å². The van der Waals surface area contributed by atoms with E-state index >= 15 is 0 Å². The second-order valence-electron chi connectivity index (χ2n) is 8.25. The molecule has 2 heterocycles. The molecule has 162 valence electrons. The molecule has 0 aromatic heterocycles. The van der Waals surface area contributed by atoms with Gasteiger partial charge in [0.25, 0.3) is 0 Å². The third-order valence-electron chi connectivity index (χ3n) is 5.95. The highest BCUT2D eigenvalue weighted by atomic mass is 32.1. The molecule has 0 spiro atoms. The number of nitrogens with one attached hydrogen (secondary N) is 4. The van der Waals surface area contributed by atoms with Gasteiger partial charge in [0, 0.05) is 43.3 Å². The van der Waals surface area contributed by atoms with E-state index in [1.807, 2.05) is 24.3 Å². The van der Waals surface area contributed by atoms with Gasteiger partial charge in [0.05, 0.1) is 13.2 Å². The molecular formula is C21H29N5O3S. The Morgan fingerprint density at radius 2 is 2.00 bits per heavy atom. The van der Waals surface area contributed by atoms with Crippen molar-refractivity contribution in [2.24, 2.45) is 0 Å². The van der Waals surface area contributed by atoms with Crippen LogP contribution in [0.2, 0.25) is 0 Å². The summed E-state index contributed by atoms with van der Waals surface area (Å²) < 4.78 is 5.17. The second kappa shape index (κ2) is 9.18. The first-order valence-corrected chi connectivity index (χ1v) is 11.0. The lowest BCUT2D eigenvalue weighted by Gasteiger charge is -2.37. The van der Waals surface area contributed by atoms with Gasteiger partial charge in [-0.25, -0.2) is 0 Å². The number of benzene rings is 1. The molecule has 0 bridgehead atoms. The van der Waals surface area contributed by atoms with E-state index in [0.717, 1.165) is 37.2 Å². The largest absolute Gasteiger partial charge is 0.497 e. The fourth-order valence-corrected chi connectivity index (χ4v) is 4.48. The monoisotopic (exact) mass is 431 g/mol. The summed E-state index contributed by atoms with van der Waals surface area (Å²) in [6.45, 7) is 1.32. The van der Waals surface area contributed by atoms with Crippen molar-refractivity contribution in [3.8, 4) is 5.75 Å². The third-order valence-corrected chi connectivity index (χ3v) is 6.17. The van der Waals surface area contributed by atoms with E-state index < -0.39 is 0 Å². The molecule has 3 atom stereocenters. The Hall–Kier alpha value is -2.39. The number of anilines is 1. The predicted octanol–water partition coefficient (Wildman–Crippen LogP) is 0.982. The standard InChI is InChI=1S/C21H29N5O3S/c1-29-17-7-4-14(5-8-17)24-21(30)25-15-10-18-20(28)22-11-16(26(18)12-15)6-9-19(27)23-13-2-3-13/h4-5,7-8,13,15-16,18H,2-3,6,9-12H2,1H3,(H,22,28)(H,23,27)(H2,24,25,30)/t15-,16+,18-/m0/s1. The molecule has 1 saturated carbocycles. The van der Waals surface area contributed by atoms with Crippen LogP contribution in [0.5, 0.6) is 5.75 Å². The van der Waals surface area contributed by atoms with Gasteiger partial charge < -0.3 is 26.0 Å². The quantitative estimate of drug-likeness (QED) is 0.478. The highest BCUT2D eigenvalue weighted by Gasteiger charge is 2.43. The van der Waals surface area contributed by atoms with Crippen molar-refractivity contribution >= 4 is 34.8 Å². The first-order chi connectivity index (χ1) is 14.5. The van der Waals surface area contributed by atoms with Crippen LogP contribution in [0, 0.1) is 0 Å². The molecule has 3 fully saturated rings. The second-order valence-corrected chi connectivity index (χ2v) is 8.66. The Labute approximate surface area is 182 Å². The van der Waals surface area contributed by atoms with Crippen LogP contribution in [0.4, 0.5) is 5.69 Å². The zero-order valence-electron chi connectivity index (χ0n) is 17.1. The molecule has 4 N–H and O–H groups in total. The zero-order valence-corrected chi connectivity index (χ0v) is 18.0. The maximum atomic E-state index is 12.4. The molecular weight excluding hydrogens is 402 g/mol. The summed E-state index contributed by atoms with van der Waals surface area (Å²) in [5.74, 6) is 0.965. The Balaban J connectivity index is 1.28. The number of rotatable bonds is 7. The molecule has 0 radical (unpaired) electrons. The van der Waals surface area contributed by atoms with Gasteiger partial charge in [-0.3, -0.25) is 14.5 Å². The van der Waals surface area contributed by atoms with Gasteiger partial charge in [-0.1, -0.05) is 0 Å². The smallest absolute Gasteiger partial charge is 0.237 e. The number of piperazine rings is 1. The van der Waals surface area contributed by atoms with Crippen LogP contribution < -0.4 is 26.0 Å². The maximum absolute atomic E-state index is 12.4. The predicted molar refractivity (Wildman–Crippen MR) is 118 cm³/mol. The minimum atomic E-state index is -0.170. The average molecular weight is 432 g/mol. The van der Waals surface area contributed by atoms with Gasteiger partial charge in [-0.15, -0.1) is 0 Å². The summed E-state index contributed by atoms with van der Waals surface area (Å²) in [7, 11) is 1.63. The molecule has 2 saturated heterocycles. The number of nitrogens with zero attached hydrogens (tertiary/aromatic N) is 1. The van der Waals surface area contributed by atoms with E-state index in [9.17, 15) is 9.59 Å². The van der Waals surface area contributed by atoms with E-state index in [1.165, 1.54) is 0 Å². The minimum Gasteiger partial charge on any atom is -0.497 e. The molecule has 2 amide bonds. The minimum absolute atomic E-state index is 0.0620. The zero-order chi connectivity index (χ0) is 21.1. The Morgan fingerprint density at radius 1 is 1.23 bits per heavy atom. The maximum Gasteiger partial charge on any atom is 0.237 e. The van der Waals surface area contributed by atoms with Gasteiger partial charge >= 0.3 is 0 Å². The molecule has 9 heteroatoms. The number of methoxy groups -OCH3 is 1. The number of hydrogen-bond acceptors (Lipinski definition) is 5. The summed E-state index contributed by atoms with van der Waals surface area (Å²) >= 11 is 5.46. The molecule has 0 unspecified atom stereocenters. The lowest BCUT2D eigenvalue weighted by atomic mass is 10.0.